The molecule has 2 aromatic carbocycles. The van der Waals surface area contributed by atoms with Gasteiger partial charge in [0.05, 0.1) is 56.5 Å². The van der Waals surface area contributed by atoms with Crippen LogP contribution in [0.15, 0.2) is 42.5 Å². The molecule has 0 aliphatic carbocycles. The van der Waals surface area contributed by atoms with E-state index in [2.05, 4.69) is 47.5 Å². The van der Waals surface area contributed by atoms with Crippen molar-refractivity contribution in [3.05, 3.63) is 53.6 Å². The molecule has 9 heteroatoms. The molecule has 0 spiro atoms. The Morgan fingerprint density at radius 3 is 2.52 bits per heavy atom. The Bertz CT molecular complexity index is 1050. The van der Waals surface area contributed by atoms with Crippen LogP contribution >= 0.6 is 0 Å². The predicted octanol–water partition coefficient (Wildman–Crippen LogP) is 4.15. The van der Waals surface area contributed by atoms with Crippen LogP contribution in [0, 0.1) is 0 Å². The number of rotatable bonds is 17. The van der Waals surface area contributed by atoms with Gasteiger partial charge in [-0.05, 0) is 68.5 Å². The number of benzene rings is 2. The summed E-state index contributed by atoms with van der Waals surface area (Å²) in [4.78, 5) is 2.37. The van der Waals surface area contributed by atoms with Crippen LogP contribution in [-0.4, -0.2) is 96.3 Å². The highest BCUT2D eigenvalue weighted by atomic mass is 16.5. The number of anilines is 1. The van der Waals surface area contributed by atoms with Crippen LogP contribution in [0.3, 0.4) is 0 Å². The number of aliphatic hydroxyl groups is 1. The number of hydrogen-bond acceptors (Lipinski definition) is 9. The van der Waals surface area contributed by atoms with Crippen molar-refractivity contribution in [1.82, 2.24) is 5.32 Å². The zero-order valence-electron chi connectivity index (χ0n) is 25.8. The van der Waals surface area contributed by atoms with Crippen molar-refractivity contribution < 1.29 is 33.5 Å². The molecular weight excluding hydrogens is 536 g/mol. The minimum atomic E-state index is -0.534. The lowest BCUT2D eigenvalue weighted by Crippen LogP contribution is -2.51. The monoisotopic (exact) mass is 586 g/mol. The molecule has 4 rings (SSSR count). The Labute approximate surface area is 251 Å². The lowest BCUT2D eigenvalue weighted by Gasteiger charge is -2.39. The summed E-state index contributed by atoms with van der Waals surface area (Å²) in [5.74, 6) is 1.78. The molecule has 2 aliphatic rings. The number of piperidine rings is 1. The van der Waals surface area contributed by atoms with Gasteiger partial charge in [-0.15, -0.1) is 0 Å². The molecule has 0 saturated carbocycles. The van der Waals surface area contributed by atoms with E-state index in [1.54, 1.807) is 21.1 Å². The lowest BCUT2D eigenvalue weighted by molar-refractivity contribution is -0.0752. The van der Waals surface area contributed by atoms with Crippen molar-refractivity contribution in [2.24, 2.45) is 0 Å². The van der Waals surface area contributed by atoms with Gasteiger partial charge < -0.3 is 43.7 Å². The molecule has 0 unspecified atom stereocenters. The van der Waals surface area contributed by atoms with Gasteiger partial charge in [0.1, 0.15) is 18.1 Å². The summed E-state index contributed by atoms with van der Waals surface area (Å²) in [6.45, 7) is 9.86. The summed E-state index contributed by atoms with van der Waals surface area (Å²) in [7, 11) is 3.48. The quantitative estimate of drug-likeness (QED) is 0.265. The van der Waals surface area contributed by atoms with Crippen molar-refractivity contribution in [2.75, 3.05) is 71.7 Å². The van der Waals surface area contributed by atoms with E-state index < -0.39 is 6.10 Å². The molecule has 2 heterocycles. The predicted molar refractivity (Wildman–Crippen MR) is 164 cm³/mol. The first-order valence-electron chi connectivity index (χ1n) is 15.4. The second-order valence-electron chi connectivity index (χ2n) is 11.3. The second kappa shape index (κ2) is 17.0. The molecule has 2 aromatic rings. The third-order valence-electron chi connectivity index (χ3n) is 7.96. The number of ether oxygens (including phenoxy) is 6. The Balaban J connectivity index is 1.43. The van der Waals surface area contributed by atoms with Gasteiger partial charge in [-0.2, -0.15) is 0 Å². The zero-order chi connectivity index (χ0) is 29.7. The zero-order valence-corrected chi connectivity index (χ0v) is 25.8. The summed E-state index contributed by atoms with van der Waals surface area (Å²) in [5, 5.41) is 13.4. The van der Waals surface area contributed by atoms with Gasteiger partial charge in [0.2, 0.25) is 0 Å². The van der Waals surface area contributed by atoms with Gasteiger partial charge in [-0.3, -0.25) is 0 Å². The fourth-order valence-corrected chi connectivity index (χ4v) is 5.59. The first kappa shape index (κ1) is 32.5. The molecule has 0 radical (unpaired) electrons. The fourth-order valence-electron chi connectivity index (χ4n) is 5.59. The van der Waals surface area contributed by atoms with E-state index in [0.717, 1.165) is 67.3 Å². The maximum absolute atomic E-state index is 9.91. The second-order valence-corrected chi connectivity index (χ2v) is 11.3. The smallest absolute Gasteiger partial charge is 0.142 e. The van der Waals surface area contributed by atoms with Crippen LogP contribution < -0.4 is 19.7 Å². The molecule has 42 heavy (non-hydrogen) atoms. The first-order chi connectivity index (χ1) is 20.5. The molecule has 0 bridgehead atoms. The average Bonchev–Trinajstić information content (AvgIpc) is 3.01. The third-order valence-corrected chi connectivity index (χ3v) is 7.96. The minimum Gasteiger partial charge on any atom is -0.494 e. The molecule has 0 amide bonds. The number of aliphatic hydroxyl groups excluding tert-OH is 1. The van der Waals surface area contributed by atoms with Crippen molar-refractivity contribution in [1.29, 1.82) is 0 Å². The molecule has 5 atom stereocenters. The lowest BCUT2D eigenvalue weighted by atomic mass is 9.85. The summed E-state index contributed by atoms with van der Waals surface area (Å²) < 4.78 is 35.3. The molecular formula is C33H50N2O7. The van der Waals surface area contributed by atoms with E-state index in [9.17, 15) is 5.11 Å². The van der Waals surface area contributed by atoms with E-state index in [0.29, 0.717) is 32.9 Å². The molecule has 9 nitrogen and oxygen atoms in total. The summed E-state index contributed by atoms with van der Waals surface area (Å²) in [6.07, 6.45) is 2.34. The third kappa shape index (κ3) is 9.56. The topological polar surface area (TPSA) is 90.9 Å². The number of nitrogens with zero attached hydrogens (tertiary/aromatic N) is 1. The van der Waals surface area contributed by atoms with Gasteiger partial charge in [-0.1, -0.05) is 18.2 Å². The maximum atomic E-state index is 9.91. The summed E-state index contributed by atoms with van der Waals surface area (Å²) >= 11 is 0. The highest BCUT2D eigenvalue weighted by Crippen LogP contribution is 2.35. The average molecular weight is 587 g/mol. The fraction of sp³-hybridized carbons (Fsp3) is 0.636. The van der Waals surface area contributed by atoms with E-state index in [1.807, 2.05) is 12.1 Å². The Morgan fingerprint density at radius 2 is 1.79 bits per heavy atom. The van der Waals surface area contributed by atoms with Crippen LogP contribution in [0.4, 0.5) is 5.69 Å². The van der Waals surface area contributed by atoms with E-state index in [1.165, 1.54) is 0 Å². The number of nitrogens with one attached hydrogen (secondary N) is 1. The Kier molecular flexibility index (Phi) is 13.2. The number of fused-ring (bicyclic) bond motifs is 1. The van der Waals surface area contributed by atoms with E-state index in [-0.39, 0.29) is 30.8 Å². The molecule has 234 valence electrons. The summed E-state index contributed by atoms with van der Waals surface area (Å²) in [5.41, 5.74) is 3.36. The SMILES string of the molecule is COCCCN1CCOc2ccc(CO[C@H]3CNC[C@@H](OC[C@@H](C)O)[C@@H]3c3ccc(OCCC[C@@H](C)OC)cc3)cc21. The van der Waals surface area contributed by atoms with Gasteiger partial charge in [0.25, 0.3) is 0 Å². The molecule has 2 N–H and O–H groups in total. The normalized spacial score (nSPS) is 21.8. The molecule has 1 fully saturated rings. The minimum absolute atomic E-state index is 0.00751. The Morgan fingerprint density at radius 1 is 1.00 bits per heavy atom. The van der Waals surface area contributed by atoms with E-state index >= 15 is 0 Å². The highest BCUT2D eigenvalue weighted by molar-refractivity contribution is 5.61. The van der Waals surface area contributed by atoms with Gasteiger partial charge in [-0.25, -0.2) is 0 Å². The van der Waals surface area contributed by atoms with Crippen LogP contribution in [-0.2, 0) is 25.6 Å². The van der Waals surface area contributed by atoms with Gasteiger partial charge in [0, 0.05) is 46.4 Å². The Hall–Kier alpha value is -2.40. The molecule has 0 aromatic heterocycles. The van der Waals surface area contributed by atoms with E-state index in [4.69, 9.17) is 28.4 Å². The van der Waals surface area contributed by atoms with Gasteiger partial charge >= 0.3 is 0 Å². The molecule has 1 saturated heterocycles. The van der Waals surface area contributed by atoms with Crippen LogP contribution in [0.25, 0.3) is 0 Å². The van der Waals surface area contributed by atoms with Crippen molar-refractivity contribution in [2.45, 2.75) is 70.1 Å². The number of hydrogen-bond donors (Lipinski definition) is 2. The standard InChI is InChI=1S/C33H50N2O7/c1-24(36)22-41-31-20-34-21-32(33(31)27-9-11-28(12-10-27)39-17-5-7-25(2)38-4)42-23-26-8-13-30-29(19-26)35(15-18-40-30)14-6-16-37-3/h8-13,19,24-25,31-34,36H,5-7,14-18,20-23H2,1-4H3/t24-,25-,31-,32+,33+/m1/s1. The van der Waals surface area contributed by atoms with Crippen molar-refractivity contribution in [3.8, 4) is 11.5 Å². The summed E-state index contributed by atoms with van der Waals surface area (Å²) in [6, 6.07) is 14.6. The first-order valence-corrected chi connectivity index (χ1v) is 15.4. The van der Waals surface area contributed by atoms with Crippen LogP contribution in [0.5, 0.6) is 11.5 Å². The van der Waals surface area contributed by atoms with Crippen molar-refractivity contribution >= 4 is 5.69 Å². The van der Waals surface area contributed by atoms with Crippen LogP contribution in [0.1, 0.15) is 50.2 Å². The number of methoxy groups -OCH3 is 2. The maximum Gasteiger partial charge on any atom is 0.142 e. The highest BCUT2D eigenvalue weighted by Gasteiger charge is 2.36. The van der Waals surface area contributed by atoms with Crippen LogP contribution in [0.2, 0.25) is 0 Å². The van der Waals surface area contributed by atoms with Crippen molar-refractivity contribution in [3.63, 3.8) is 0 Å². The molecule has 2 aliphatic heterocycles. The van der Waals surface area contributed by atoms with Gasteiger partial charge in [0.15, 0.2) is 0 Å². The largest absolute Gasteiger partial charge is 0.494 e.